The van der Waals surface area contributed by atoms with Crippen LogP contribution in [0, 0.1) is 6.92 Å². The summed E-state index contributed by atoms with van der Waals surface area (Å²) < 4.78 is 2.09. The standard InChI is InChI=1S/C33H40N6O4S/c1-22-35-26-11-3-4-12-28(26)39(22)20-25-21-44-29(36-25)18-34-32(42)30(40)31(41)33(43)38-16-8-13-27(38)24-10-7-9-23(17-24)19-37-14-5-2-6-15-37/h3-4,7,9-12,17,21,27,30-31,40-41H,2,5-6,8,13-16,18-20H2,1H3,(H,34,42)/t27?,30?,31-/m1/s1. The lowest BCUT2D eigenvalue weighted by molar-refractivity contribution is -0.153. The van der Waals surface area contributed by atoms with Gasteiger partial charge in [0.1, 0.15) is 10.8 Å². The van der Waals surface area contributed by atoms with Crippen molar-refractivity contribution in [1.82, 2.24) is 29.7 Å². The number of carbonyl (C=O) groups excluding carboxylic acids is 2. The van der Waals surface area contributed by atoms with Gasteiger partial charge >= 0.3 is 0 Å². The van der Waals surface area contributed by atoms with Gasteiger partial charge in [0.2, 0.25) is 0 Å². The largest absolute Gasteiger partial charge is 0.380 e. The second-order valence-corrected chi connectivity index (χ2v) is 12.8. The van der Waals surface area contributed by atoms with Crippen LogP contribution in [0.1, 0.15) is 65.8 Å². The average Bonchev–Trinajstić information content (AvgIpc) is 3.79. The van der Waals surface area contributed by atoms with Gasteiger partial charge in [-0.1, -0.05) is 42.8 Å². The van der Waals surface area contributed by atoms with E-state index in [0.29, 0.717) is 18.1 Å². The molecular weight excluding hydrogens is 576 g/mol. The van der Waals surface area contributed by atoms with E-state index in [1.54, 1.807) is 4.90 Å². The Morgan fingerprint density at radius 2 is 1.80 bits per heavy atom. The van der Waals surface area contributed by atoms with E-state index in [2.05, 4.69) is 36.9 Å². The van der Waals surface area contributed by atoms with Crippen molar-refractivity contribution >= 4 is 34.2 Å². The molecule has 0 aliphatic carbocycles. The molecule has 2 aromatic carbocycles. The number of likely N-dealkylation sites (tertiary alicyclic amines) is 2. The van der Waals surface area contributed by atoms with Gasteiger partial charge in [0.15, 0.2) is 12.2 Å². The number of aliphatic hydroxyl groups is 2. The first-order chi connectivity index (χ1) is 21.4. The fraction of sp³-hybridized carbons (Fsp3) is 0.455. The maximum atomic E-state index is 13.3. The molecule has 10 nitrogen and oxygen atoms in total. The summed E-state index contributed by atoms with van der Waals surface area (Å²) in [5, 5.41) is 26.6. The molecule has 4 heterocycles. The highest BCUT2D eigenvalue weighted by molar-refractivity contribution is 7.09. The van der Waals surface area contributed by atoms with Crippen molar-refractivity contribution in [2.75, 3.05) is 19.6 Å². The molecule has 11 heteroatoms. The van der Waals surface area contributed by atoms with E-state index >= 15 is 0 Å². The number of carbonyl (C=O) groups is 2. The van der Waals surface area contributed by atoms with Crippen molar-refractivity contribution in [2.24, 2.45) is 0 Å². The third-order valence-electron chi connectivity index (χ3n) is 8.73. The Kier molecular flexibility index (Phi) is 9.36. The summed E-state index contributed by atoms with van der Waals surface area (Å²) in [6, 6.07) is 16.1. The van der Waals surface area contributed by atoms with E-state index in [-0.39, 0.29) is 12.6 Å². The molecule has 2 saturated heterocycles. The summed E-state index contributed by atoms with van der Waals surface area (Å²) in [6.45, 7) is 6.16. The van der Waals surface area contributed by atoms with Crippen LogP contribution in [0.3, 0.4) is 0 Å². The van der Waals surface area contributed by atoms with Crippen LogP contribution in [0.5, 0.6) is 0 Å². The van der Waals surface area contributed by atoms with Gasteiger partial charge in [-0.05, 0) is 69.0 Å². The summed E-state index contributed by atoms with van der Waals surface area (Å²) in [7, 11) is 0. The lowest BCUT2D eigenvalue weighted by atomic mass is 10.0. The molecule has 6 rings (SSSR count). The quantitative estimate of drug-likeness (QED) is 0.249. The van der Waals surface area contributed by atoms with Crippen molar-refractivity contribution in [3.05, 3.63) is 81.6 Å². The number of thiazole rings is 1. The van der Waals surface area contributed by atoms with E-state index in [0.717, 1.165) is 60.6 Å². The minimum absolute atomic E-state index is 0.0846. The van der Waals surface area contributed by atoms with Gasteiger partial charge in [0.05, 0.1) is 35.9 Å². The second kappa shape index (κ2) is 13.6. The molecule has 2 aliphatic rings. The van der Waals surface area contributed by atoms with E-state index in [4.69, 9.17) is 0 Å². The Morgan fingerprint density at radius 3 is 2.64 bits per heavy atom. The highest BCUT2D eigenvalue weighted by Crippen LogP contribution is 2.33. The SMILES string of the molecule is Cc1nc2ccccc2n1Cc1csc(CNC(=O)C(O)[C@@H](O)C(=O)N2CCCC2c2cccc(CN3CCCCC3)c2)n1. The molecule has 0 saturated carbocycles. The van der Waals surface area contributed by atoms with Crippen LogP contribution in [0.15, 0.2) is 53.9 Å². The normalized spacial score (nSPS) is 18.9. The van der Waals surface area contributed by atoms with Crippen molar-refractivity contribution in [3.63, 3.8) is 0 Å². The fourth-order valence-electron chi connectivity index (χ4n) is 6.43. The number of amides is 2. The third-order valence-corrected chi connectivity index (χ3v) is 9.62. The summed E-state index contributed by atoms with van der Waals surface area (Å²) in [4.78, 5) is 39.4. The number of imidazole rings is 1. The van der Waals surface area contributed by atoms with E-state index in [9.17, 15) is 19.8 Å². The zero-order chi connectivity index (χ0) is 30.6. The first-order valence-corrected chi connectivity index (χ1v) is 16.4. The molecule has 0 spiro atoms. The molecule has 3 atom stereocenters. The zero-order valence-electron chi connectivity index (χ0n) is 25.1. The van der Waals surface area contributed by atoms with Crippen molar-refractivity contribution in [3.8, 4) is 0 Å². The molecule has 232 valence electrons. The van der Waals surface area contributed by atoms with Gasteiger partial charge in [-0.25, -0.2) is 9.97 Å². The first kappa shape index (κ1) is 30.4. The molecule has 2 aromatic heterocycles. The number of para-hydroxylation sites is 2. The summed E-state index contributed by atoms with van der Waals surface area (Å²) in [6.07, 6.45) is 1.58. The Morgan fingerprint density at radius 1 is 0.977 bits per heavy atom. The van der Waals surface area contributed by atoms with Gasteiger partial charge in [-0.15, -0.1) is 11.3 Å². The Hall–Kier alpha value is -3.64. The molecule has 2 amide bonds. The molecule has 2 aliphatic heterocycles. The minimum atomic E-state index is -1.88. The van der Waals surface area contributed by atoms with Gasteiger partial charge < -0.3 is 25.0 Å². The lowest BCUT2D eigenvalue weighted by Gasteiger charge is -2.29. The number of nitrogens with one attached hydrogen (secondary N) is 1. The average molecular weight is 617 g/mol. The number of hydrogen-bond donors (Lipinski definition) is 3. The predicted molar refractivity (Wildman–Crippen MR) is 169 cm³/mol. The topological polar surface area (TPSA) is 124 Å². The highest BCUT2D eigenvalue weighted by Gasteiger charge is 2.38. The van der Waals surface area contributed by atoms with Gasteiger partial charge in [-0.2, -0.15) is 0 Å². The van der Waals surface area contributed by atoms with Crippen molar-refractivity contribution in [1.29, 1.82) is 0 Å². The molecule has 2 fully saturated rings. The molecule has 2 unspecified atom stereocenters. The van der Waals surface area contributed by atoms with Gasteiger partial charge in [0.25, 0.3) is 11.8 Å². The number of benzene rings is 2. The lowest BCUT2D eigenvalue weighted by Crippen LogP contribution is -2.50. The third kappa shape index (κ3) is 6.71. The van der Waals surface area contributed by atoms with Crippen LogP contribution >= 0.6 is 11.3 Å². The molecule has 0 bridgehead atoms. The van der Waals surface area contributed by atoms with Crippen molar-refractivity contribution in [2.45, 2.75) is 76.9 Å². The molecule has 3 N–H and O–H groups in total. The van der Waals surface area contributed by atoms with Crippen LogP contribution < -0.4 is 5.32 Å². The number of hydrogen-bond acceptors (Lipinski definition) is 8. The maximum Gasteiger partial charge on any atom is 0.255 e. The molecule has 44 heavy (non-hydrogen) atoms. The number of aromatic nitrogens is 3. The maximum absolute atomic E-state index is 13.3. The fourth-order valence-corrected chi connectivity index (χ4v) is 7.15. The van der Waals surface area contributed by atoms with Crippen LogP contribution in [-0.2, 0) is 29.2 Å². The van der Waals surface area contributed by atoms with Crippen molar-refractivity contribution < 1.29 is 19.8 Å². The van der Waals surface area contributed by atoms with Crippen LogP contribution in [0.2, 0.25) is 0 Å². The Bertz CT molecular complexity index is 1610. The first-order valence-electron chi connectivity index (χ1n) is 15.5. The smallest absolute Gasteiger partial charge is 0.255 e. The van der Waals surface area contributed by atoms with Crippen LogP contribution in [0.4, 0.5) is 0 Å². The number of piperidine rings is 1. The second-order valence-electron chi connectivity index (χ2n) is 11.8. The predicted octanol–water partition coefficient (Wildman–Crippen LogP) is 3.54. The molecular formula is C33H40N6O4S. The molecule has 0 radical (unpaired) electrons. The summed E-state index contributed by atoms with van der Waals surface area (Å²) in [5.74, 6) is -0.546. The summed E-state index contributed by atoms with van der Waals surface area (Å²) >= 11 is 1.40. The number of aliphatic hydroxyl groups excluding tert-OH is 2. The number of fused-ring (bicyclic) bond motifs is 1. The van der Waals surface area contributed by atoms with Crippen LogP contribution in [0.25, 0.3) is 11.0 Å². The Balaban J connectivity index is 1.04. The number of rotatable bonds is 10. The van der Waals surface area contributed by atoms with E-state index in [1.807, 2.05) is 48.7 Å². The van der Waals surface area contributed by atoms with Crippen LogP contribution in [-0.4, -0.2) is 78.2 Å². The minimum Gasteiger partial charge on any atom is -0.380 e. The zero-order valence-corrected chi connectivity index (χ0v) is 25.9. The van der Waals surface area contributed by atoms with E-state index in [1.165, 1.54) is 36.2 Å². The highest BCUT2D eigenvalue weighted by atomic mass is 32.1. The summed E-state index contributed by atoms with van der Waals surface area (Å²) in [5.41, 5.74) is 5.02. The van der Waals surface area contributed by atoms with E-state index < -0.39 is 24.0 Å². The van der Waals surface area contributed by atoms with Gasteiger partial charge in [0, 0.05) is 18.5 Å². The van der Waals surface area contributed by atoms with Gasteiger partial charge in [-0.3, -0.25) is 14.5 Å². The number of aryl methyl sites for hydroxylation is 1. The molecule has 4 aromatic rings. The Labute approximate surface area is 261 Å². The monoisotopic (exact) mass is 616 g/mol. The number of nitrogens with zero attached hydrogens (tertiary/aromatic N) is 5.